The summed E-state index contributed by atoms with van der Waals surface area (Å²) in [5.41, 5.74) is 4.33. The zero-order valence-electron chi connectivity index (χ0n) is 16.8. The smallest absolute Gasteiger partial charge is 0.307 e. The molecular weight excluding hydrogens is 400 g/mol. The Morgan fingerprint density at radius 3 is 2.70 bits per heavy atom. The van der Waals surface area contributed by atoms with Crippen molar-refractivity contribution in [1.29, 1.82) is 0 Å². The van der Waals surface area contributed by atoms with Gasteiger partial charge in [0.1, 0.15) is 0 Å². The molecule has 0 spiro atoms. The van der Waals surface area contributed by atoms with E-state index in [1.54, 1.807) is 6.07 Å². The van der Waals surface area contributed by atoms with Crippen molar-refractivity contribution in [2.45, 2.75) is 63.2 Å². The van der Waals surface area contributed by atoms with Crippen molar-refractivity contribution in [2.24, 2.45) is 5.92 Å². The van der Waals surface area contributed by atoms with Gasteiger partial charge in [-0.1, -0.05) is 35.9 Å². The highest BCUT2D eigenvalue weighted by Crippen LogP contribution is 2.44. The van der Waals surface area contributed by atoms with Gasteiger partial charge in [-0.25, -0.2) is 4.68 Å². The summed E-state index contributed by atoms with van der Waals surface area (Å²) in [4.78, 5) is 25.6. The molecule has 2 unspecified atom stereocenters. The van der Waals surface area contributed by atoms with Crippen LogP contribution in [0.25, 0.3) is 0 Å². The normalized spacial score (nSPS) is 23.2. The van der Waals surface area contributed by atoms with Crippen molar-refractivity contribution in [2.75, 3.05) is 0 Å². The molecule has 3 aliphatic carbocycles. The van der Waals surface area contributed by atoms with E-state index >= 15 is 0 Å². The maximum atomic E-state index is 13.7. The molecule has 0 amide bonds. The molecule has 2 atom stereocenters. The fourth-order valence-electron chi connectivity index (χ4n) is 5.06. The minimum atomic E-state index is -0.795. The van der Waals surface area contributed by atoms with Crippen LogP contribution in [0.15, 0.2) is 30.4 Å². The summed E-state index contributed by atoms with van der Waals surface area (Å²) in [7, 11) is 0. The molecule has 3 aliphatic rings. The van der Waals surface area contributed by atoms with Gasteiger partial charge in [-0.05, 0) is 74.5 Å². The lowest BCUT2D eigenvalue weighted by atomic mass is 9.79. The Morgan fingerprint density at radius 1 is 1.13 bits per heavy atom. The lowest BCUT2D eigenvalue weighted by Gasteiger charge is -2.24. The number of fused-ring (bicyclic) bond motifs is 1. The zero-order chi connectivity index (χ0) is 20.8. The number of halogens is 1. The fraction of sp³-hybridized carbons (Fsp3) is 0.458. The highest BCUT2D eigenvalue weighted by Gasteiger charge is 2.37. The third-order valence-corrected chi connectivity index (χ3v) is 7.05. The third-order valence-electron chi connectivity index (χ3n) is 6.73. The molecule has 5 nitrogen and oxygen atoms in total. The quantitative estimate of drug-likeness (QED) is 0.691. The lowest BCUT2D eigenvalue weighted by molar-refractivity contribution is -0.142. The Hall–Kier alpha value is -2.40. The van der Waals surface area contributed by atoms with E-state index in [0.29, 0.717) is 22.9 Å². The molecule has 1 saturated carbocycles. The number of aliphatic carboxylic acids is 1. The van der Waals surface area contributed by atoms with Crippen LogP contribution in [-0.2, 0) is 17.6 Å². The van der Waals surface area contributed by atoms with E-state index in [1.807, 2.05) is 24.3 Å². The van der Waals surface area contributed by atoms with Gasteiger partial charge in [0.05, 0.1) is 27.9 Å². The minimum Gasteiger partial charge on any atom is -0.481 e. The first-order chi connectivity index (χ1) is 14.6. The molecule has 0 bridgehead atoms. The van der Waals surface area contributed by atoms with Crippen molar-refractivity contribution >= 4 is 23.5 Å². The van der Waals surface area contributed by atoms with Crippen LogP contribution in [0.3, 0.4) is 0 Å². The van der Waals surface area contributed by atoms with E-state index in [0.717, 1.165) is 67.5 Å². The van der Waals surface area contributed by atoms with E-state index in [1.165, 1.54) is 4.68 Å². The van der Waals surface area contributed by atoms with Crippen LogP contribution in [0.5, 0.6) is 0 Å². The Bertz CT molecular complexity index is 1050. The molecular formula is C24H25ClN2O3. The van der Waals surface area contributed by atoms with Gasteiger partial charge in [0.15, 0.2) is 0 Å². The first-order valence-corrected chi connectivity index (χ1v) is 11.3. The van der Waals surface area contributed by atoms with Crippen LogP contribution in [0.4, 0.5) is 0 Å². The number of hydrogen-bond donors (Lipinski definition) is 1. The second-order valence-corrected chi connectivity index (χ2v) is 9.10. The first kappa shape index (κ1) is 19.6. The van der Waals surface area contributed by atoms with Gasteiger partial charge in [0.2, 0.25) is 0 Å². The van der Waals surface area contributed by atoms with Gasteiger partial charge in [-0.3, -0.25) is 9.59 Å². The van der Waals surface area contributed by atoms with E-state index in [2.05, 4.69) is 0 Å². The largest absolute Gasteiger partial charge is 0.481 e. The minimum absolute atomic E-state index is 0.182. The van der Waals surface area contributed by atoms with E-state index in [4.69, 9.17) is 16.7 Å². The van der Waals surface area contributed by atoms with E-state index in [-0.39, 0.29) is 11.8 Å². The van der Waals surface area contributed by atoms with Crippen LogP contribution in [0.1, 0.15) is 83.2 Å². The molecule has 0 radical (unpaired) electrons. The molecule has 1 heterocycles. The molecule has 1 aromatic carbocycles. The molecule has 1 N–H and O–H groups in total. The predicted molar refractivity (Wildman–Crippen MR) is 114 cm³/mol. The number of benzene rings is 1. The van der Waals surface area contributed by atoms with Gasteiger partial charge < -0.3 is 5.11 Å². The highest BCUT2D eigenvalue weighted by molar-refractivity contribution is 6.34. The van der Waals surface area contributed by atoms with Crippen molar-refractivity contribution in [3.63, 3.8) is 0 Å². The number of nitrogens with zero attached hydrogens (tertiary/aromatic N) is 2. The SMILES string of the molecule is O=C(O)C1CCC=CC1c1nn(C(=O)c2c(Cl)cccc2C2CC2)c2c1CCCC2. The first-order valence-electron chi connectivity index (χ1n) is 10.9. The number of allylic oxidation sites excluding steroid dienone is 2. The Balaban J connectivity index is 1.62. The second-order valence-electron chi connectivity index (χ2n) is 8.69. The standard InChI is InChI=1S/C24H25ClN2O3/c25-19-10-5-9-15(14-12-13-14)21(19)23(28)27-20-11-4-3-8-18(20)22(26-27)16-6-1-2-7-17(16)24(29)30/h1,5-6,9-10,14,16-17H,2-4,7-8,11-13H2,(H,29,30). The number of carbonyl (C=O) groups is 2. The van der Waals surface area contributed by atoms with Gasteiger partial charge in [-0.15, -0.1) is 0 Å². The van der Waals surface area contributed by atoms with Crippen LogP contribution in [-0.4, -0.2) is 26.8 Å². The molecule has 1 aromatic heterocycles. The van der Waals surface area contributed by atoms with Crippen LogP contribution < -0.4 is 0 Å². The number of hydrogen-bond acceptors (Lipinski definition) is 3. The molecule has 0 aliphatic heterocycles. The number of aromatic nitrogens is 2. The number of carboxylic acids is 1. The van der Waals surface area contributed by atoms with Gasteiger partial charge >= 0.3 is 5.97 Å². The van der Waals surface area contributed by atoms with Gasteiger partial charge in [0.25, 0.3) is 5.91 Å². The highest BCUT2D eigenvalue weighted by atomic mass is 35.5. The maximum absolute atomic E-state index is 13.7. The molecule has 30 heavy (non-hydrogen) atoms. The van der Waals surface area contributed by atoms with Crippen molar-refractivity contribution in [1.82, 2.24) is 9.78 Å². The van der Waals surface area contributed by atoms with Crippen molar-refractivity contribution in [3.05, 3.63) is 63.5 Å². The van der Waals surface area contributed by atoms with Crippen LogP contribution >= 0.6 is 11.6 Å². The van der Waals surface area contributed by atoms with Crippen molar-refractivity contribution < 1.29 is 14.7 Å². The average molecular weight is 425 g/mol. The zero-order valence-corrected chi connectivity index (χ0v) is 17.6. The Labute approximate surface area is 180 Å². The molecule has 2 aromatic rings. The molecule has 0 saturated heterocycles. The monoisotopic (exact) mass is 424 g/mol. The molecule has 1 fully saturated rings. The molecule has 156 valence electrons. The Kier molecular flexibility index (Phi) is 5.02. The summed E-state index contributed by atoms with van der Waals surface area (Å²) in [5.74, 6) is -1.37. The van der Waals surface area contributed by atoms with Crippen LogP contribution in [0.2, 0.25) is 5.02 Å². The predicted octanol–water partition coefficient (Wildman–Crippen LogP) is 5.12. The summed E-state index contributed by atoms with van der Waals surface area (Å²) in [6.07, 6.45) is 11.2. The topological polar surface area (TPSA) is 72.2 Å². The fourth-order valence-corrected chi connectivity index (χ4v) is 5.32. The number of carboxylic acid groups (broad SMARTS) is 1. The summed E-state index contributed by atoms with van der Waals surface area (Å²) >= 11 is 6.50. The summed E-state index contributed by atoms with van der Waals surface area (Å²) < 4.78 is 1.54. The maximum Gasteiger partial charge on any atom is 0.307 e. The summed E-state index contributed by atoms with van der Waals surface area (Å²) in [6, 6.07) is 5.67. The van der Waals surface area contributed by atoms with Gasteiger partial charge in [-0.2, -0.15) is 5.10 Å². The van der Waals surface area contributed by atoms with E-state index in [9.17, 15) is 14.7 Å². The third kappa shape index (κ3) is 3.29. The molecule has 6 heteroatoms. The van der Waals surface area contributed by atoms with Gasteiger partial charge in [0, 0.05) is 5.92 Å². The number of carbonyl (C=O) groups excluding carboxylic acids is 1. The molecule has 5 rings (SSSR count). The second kappa shape index (κ2) is 7.69. The van der Waals surface area contributed by atoms with Crippen LogP contribution in [0, 0.1) is 5.92 Å². The van der Waals surface area contributed by atoms with Crippen molar-refractivity contribution in [3.8, 4) is 0 Å². The average Bonchev–Trinajstić information content (AvgIpc) is 3.53. The lowest BCUT2D eigenvalue weighted by Crippen LogP contribution is -2.24. The summed E-state index contributed by atoms with van der Waals surface area (Å²) in [6.45, 7) is 0. The number of rotatable bonds is 4. The Morgan fingerprint density at radius 2 is 1.93 bits per heavy atom. The van der Waals surface area contributed by atoms with E-state index < -0.39 is 11.9 Å². The summed E-state index contributed by atoms with van der Waals surface area (Å²) in [5, 5.41) is 15.0.